The van der Waals surface area contributed by atoms with E-state index >= 15 is 0 Å². The topological polar surface area (TPSA) is 110 Å². The van der Waals surface area contributed by atoms with E-state index in [-0.39, 0.29) is 22.8 Å². The van der Waals surface area contributed by atoms with Crippen molar-refractivity contribution in [2.24, 2.45) is 0 Å². The zero-order chi connectivity index (χ0) is 26.6. The highest BCUT2D eigenvalue weighted by Crippen LogP contribution is 2.28. The molecule has 190 valence electrons. The van der Waals surface area contributed by atoms with Crippen LogP contribution < -0.4 is 20.7 Å². The number of hydrogen-bond acceptors (Lipinski definition) is 5. The van der Waals surface area contributed by atoms with Gasteiger partial charge in [-0.1, -0.05) is 39.0 Å². The molecule has 3 amide bonds. The first-order valence-electron chi connectivity index (χ1n) is 11.5. The minimum atomic E-state index is -0.685. The smallest absolute Gasteiger partial charge is 0.324 e. The number of halogens is 1. The summed E-state index contributed by atoms with van der Waals surface area (Å²) in [5.74, 6) is 0.369. The number of rotatable bonds is 6. The molecule has 0 fully saturated rings. The minimum absolute atomic E-state index is 0.0275. The van der Waals surface area contributed by atoms with Gasteiger partial charge >= 0.3 is 6.03 Å². The molecule has 0 spiro atoms. The number of pyridine rings is 1. The van der Waals surface area contributed by atoms with Gasteiger partial charge in [0.25, 0.3) is 0 Å². The van der Waals surface area contributed by atoms with Crippen molar-refractivity contribution in [2.45, 2.75) is 33.1 Å². The largest absolute Gasteiger partial charge is 0.457 e. The predicted molar refractivity (Wildman–Crippen MR) is 140 cm³/mol. The van der Waals surface area contributed by atoms with Gasteiger partial charge in [0.2, 0.25) is 5.91 Å². The monoisotopic (exact) mass is 502 g/mol. The Morgan fingerprint density at radius 1 is 0.919 bits per heavy atom. The molecule has 4 aromatic rings. The Kier molecular flexibility index (Phi) is 7.19. The van der Waals surface area contributed by atoms with Gasteiger partial charge in [0, 0.05) is 36.7 Å². The minimum Gasteiger partial charge on any atom is -0.457 e. The van der Waals surface area contributed by atoms with Crippen molar-refractivity contribution in [3.63, 3.8) is 0 Å². The summed E-state index contributed by atoms with van der Waals surface area (Å²) in [5, 5.41) is 12.5. The second-order valence-corrected chi connectivity index (χ2v) is 9.29. The van der Waals surface area contributed by atoms with E-state index in [0.717, 1.165) is 17.4 Å². The first-order valence-corrected chi connectivity index (χ1v) is 11.5. The Morgan fingerprint density at radius 2 is 1.65 bits per heavy atom. The van der Waals surface area contributed by atoms with Gasteiger partial charge in [-0.2, -0.15) is 5.10 Å². The molecule has 3 N–H and O–H groups in total. The molecule has 37 heavy (non-hydrogen) atoms. The maximum atomic E-state index is 14.8. The van der Waals surface area contributed by atoms with Crippen molar-refractivity contribution < 1.29 is 18.7 Å². The molecule has 0 saturated heterocycles. The van der Waals surface area contributed by atoms with Crippen LogP contribution in [0.4, 0.5) is 26.5 Å². The van der Waals surface area contributed by atoms with Crippen molar-refractivity contribution >= 4 is 29.3 Å². The molecule has 0 aliphatic rings. The molecule has 0 aliphatic carbocycles. The quantitative estimate of drug-likeness (QED) is 0.295. The Bertz CT molecular complexity index is 1430. The number of ether oxygens (including phenoxy) is 1. The number of amides is 3. The van der Waals surface area contributed by atoms with Crippen molar-refractivity contribution in [1.29, 1.82) is 0 Å². The van der Waals surface area contributed by atoms with Crippen molar-refractivity contribution in [3.8, 4) is 17.2 Å². The van der Waals surface area contributed by atoms with Crippen LogP contribution in [0.25, 0.3) is 5.69 Å². The summed E-state index contributed by atoms with van der Waals surface area (Å²) in [4.78, 5) is 28.0. The van der Waals surface area contributed by atoms with Gasteiger partial charge in [-0.05, 0) is 30.3 Å². The van der Waals surface area contributed by atoms with Gasteiger partial charge < -0.3 is 15.4 Å². The van der Waals surface area contributed by atoms with E-state index in [1.54, 1.807) is 16.8 Å². The summed E-state index contributed by atoms with van der Waals surface area (Å²) in [7, 11) is 0. The Balaban J connectivity index is 1.48. The highest BCUT2D eigenvalue weighted by Gasteiger charge is 2.22. The van der Waals surface area contributed by atoms with Crippen LogP contribution in [0.1, 0.15) is 33.4 Å². The summed E-state index contributed by atoms with van der Waals surface area (Å²) in [6.07, 6.45) is 1.46. The number of nitrogens with zero attached hydrogens (tertiary/aromatic N) is 3. The SMILES string of the molecule is CC(=O)Nc1cc(Oc2ccc(NC(=O)Nc3cc(C(C)(C)C)nn3-c3ccccc3)c(F)c2)ccn1. The third-order valence-corrected chi connectivity index (χ3v) is 5.18. The standard InChI is InChI=1S/C27H27FN6O3/c1-17(35)30-24-15-20(12-13-29-24)37-19-10-11-22(21(28)14-19)31-26(36)32-25-16-23(27(2,3)4)33-34(25)18-8-6-5-7-9-18/h5-16H,1-4H3,(H,29,30,35)(H2,31,32,36). The predicted octanol–water partition coefficient (Wildman–Crippen LogP) is 6.10. The van der Waals surface area contributed by atoms with Crippen LogP contribution in [0.3, 0.4) is 0 Å². The maximum Gasteiger partial charge on any atom is 0.324 e. The van der Waals surface area contributed by atoms with E-state index in [1.807, 2.05) is 51.1 Å². The summed E-state index contributed by atoms with van der Waals surface area (Å²) < 4.78 is 22.1. The highest BCUT2D eigenvalue weighted by atomic mass is 19.1. The molecule has 0 unspecified atom stereocenters. The molecular formula is C27H27FN6O3. The van der Waals surface area contributed by atoms with Crippen molar-refractivity contribution in [1.82, 2.24) is 14.8 Å². The number of carbonyl (C=O) groups excluding carboxylic acids is 2. The Labute approximate surface area is 213 Å². The number of nitrogens with one attached hydrogen (secondary N) is 3. The van der Waals surface area contributed by atoms with Crippen LogP contribution >= 0.6 is 0 Å². The molecule has 2 aromatic carbocycles. The first kappa shape index (κ1) is 25.4. The number of urea groups is 1. The molecule has 9 nitrogen and oxygen atoms in total. The van der Waals surface area contributed by atoms with Crippen LogP contribution in [0.15, 0.2) is 72.9 Å². The second-order valence-electron chi connectivity index (χ2n) is 9.29. The highest BCUT2D eigenvalue weighted by molar-refractivity contribution is 5.99. The normalized spacial score (nSPS) is 11.1. The van der Waals surface area contributed by atoms with Crippen LogP contribution in [0, 0.1) is 5.82 Å². The molecule has 2 heterocycles. The lowest BCUT2D eigenvalue weighted by Gasteiger charge is -2.14. The Morgan fingerprint density at radius 3 is 2.32 bits per heavy atom. The number of anilines is 3. The molecule has 0 atom stereocenters. The molecule has 0 radical (unpaired) electrons. The summed E-state index contributed by atoms with van der Waals surface area (Å²) in [5.41, 5.74) is 1.29. The number of hydrogen-bond donors (Lipinski definition) is 3. The zero-order valence-electron chi connectivity index (χ0n) is 20.9. The lowest BCUT2D eigenvalue weighted by atomic mass is 9.92. The van der Waals surface area contributed by atoms with Gasteiger partial charge in [0.1, 0.15) is 29.0 Å². The molecule has 0 bridgehead atoms. The number of aromatic nitrogens is 3. The molecule has 4 rings (SSSR count). The van der Waals surface area contributed by atoms with Gasteiger partial charge in [-0.25, -0.2) is 18.9 Å². The van der Waals surface area contributed by atoms with Crippen LogP contribution in [0.2, 0.25) is 0 Å². The van der Waals surface area contributed by atoms with E-state index in [4.69, 9.17) is 4.74 Å². The first-order chi connectivity index (χ1) is 17.6. The number of carbonyl (C=O) groups is 2. The molecule has 0 aliphatic heterocycles. The fourth-order valence-corrected chi connectivity index (χ4v) is 3.39. The molecule has 10 heteroatoms. The van der Waals surface area contributed by atoms with Crippen molar-refractivity contribution in [3.05, 3.63) is 84.4 Å². The van der Waals surface area contributed by atoms with Crippen molar-refractivity contribution in [2.75, 3.05) is 16.0 Å². The maximum absolute atomic E-state index is 14.8. The van der Waals surface area contributed by atoms with E-state index in [1.165, 1.54) is 31.3 Å². The van der Waals surface area contributed by atoms with E-state index < -0.39 is 11.8 Å². The average molecular weight is 503 g/mol. The number of para-hydroxylation sites is 1. The fraction of sp³-hybridized carbons (Fsp3) is 0.185. The molecular weight excluding hydrogens is 475 g/mol. The average Bonchev–Trinajstić information content (AvgIpc) is 3.25. The van der Waals surface area contributed by atoms with Crippen LogP contribution in [0.5, 0.6) is 11.5 Å². The van der Waals surface area contributed by atoms with E-state index in [2.05, 4.69) is 26.0 Å². The third kappa shape index (κ3) is 6.49. The lowest BCUT2D eigenvalue weighted by Crippen LogP contribution is -2.21. The molecule has 0 saturated carbocycles. The van der Waals surface area contributed by atoms with Crippen LogP contribution in [-0.2, 0) is 10.2 Å². The zero-order valence-corrected chi connectivity index (χ0v) is 20.9. The van der Waals surface area contributed by atoms with Gasteiger partial charge in [0.15, 0.2) is 0 Å². The van der Waals surface area contributed by atoms with E-state index in [0.29, 0.717) is 17.4 Å². The Hall–Kier alpha value is -4.73. The van der Waals surface area contributed by atoms with E-state index in [9.17, 15) is 14.0 Å². The third-order valence-electron chi connectivity index (χ3n) is 5.18. The van der Waals surface area contributed by atoms with Crippen LogP contribution in [-0.4, -0.2) is 26.7 Å². The number of benzene rings is 2. The summed E-state index contributed by atoms with van der Waals surface area (Å²) >= 11 is 0. The van der Waals surface area contributed by atoms with Gasteiger partial charge in [-0.15, -0.1) is 0 Å². The van der Waals surface area contributed by atoms with Gasteiger partial charge in [-0.3, -0.25) is 10.1 Å². The van der Waals surface area contributed by atoms with Gasteiger partial charge in [0.05, 0.1) is 17.1 Å². The summed E-state index contributed by atoms with van der Waals surface area (Å²) in [6.45, 7) is 7.45. The second kappa shape index (κ2) is 10.5. The molecule has 2 aromatic heterocycles. The summed E-state index contributed by atoms with van der Waals surface area (Å²) in [6, 6.07) is 17.7. The lowest BCUT2D eigenvalue weighted by molar-refractivity contribution is -0.114. The fourth-order valence-electron chi connectivity index (χ4n) is 3.39.